The molecule has 5 nitrogen and oxygen atoms in total. The van der Waals surface area contributed by atoms with Crippen molar-refractivity contribution in [1.82, 2.24) is 10.3 Å². The molecule has 2 amide bonds. The van der Waals surface area contributed by atoms with E-state index in [0.717, 1.165) is 0 Å². The lowest BCUT2D eigenvalue weighted by molar-refractivity contribution is -0.188. The summed E-state index contributed by atoms with van der Waals surface area (Å²) in [5.41, 5.74) is -1.26. The maximum atomic E-state index is 12.8. The summed E-state index contributed by atoms with van der Waals surface area (Å²) in [7, 11) is 0. The smallest absolute Gasteiger partial charge is 0.422 e. The van der Waals surface area contributed by atoms with Gasteiger partial charge in [-0.1, -0.05) is 0 Å². The Balaban J connectivity index is 1.89. The summed E-state index contributed by atoms with van der Waals surface area (Å²) in [6, 6.07) is 1.76. The average molecular weight is 397 g/mol. The van der Waals surface area contributed by atoms with Crippen molar-refractivity contribution in [1.29, 1.82) is 0 Å². The number of amides is 2. The second kappa shape index (κ2) is 7.73. The first-order chi connectivity index (χ1) is 12.4. The van der Waals surface area contributed by atoms with Gasteiger partial charge in [0.05, 0.1) is 11.1 Å². The second-order valence-corrected chi connectivity index (χ2v) is 6.24. The van der Waals surface area contributed by atoms with Crippen LogP contribution in [-0.2, 0) is 0 Å². The van der Waals surface area contributed by atoms with E-state index in [1.807, 2.05) is 0 Å². The molecule has 1 aromatic rings. The van der Waals surface area contributed by atoms with Crippen molar-refractivity contribution in [2.24, 2.45) is 10.4 Å². The van der Waals surface area contributed by atoms with E-state index >= 15 is 0 Å². The monoisotopic (exact) mass is 397 g/mol. The Kier molecular flexibility index (Phi) is 6.01. The number of ether oxygens (including phenoxy) is 1. The van der Waals surface area contributed by atoms with Gasteiger partial charge < -0.3 is 10.1 Å². The van der Waals surface area contributed by atoms with Crippen LogP contribution in [0.15, 0.2) is 23.3 Å². The minimum absolute atomic E-state index is 0.0480. The number of hydrogen-bond acceptors (Lipinski definition) is 3. The molecule has 0 aromatic carbocycles. The molecule has 0 spiro atoms. The number of carbonyl (C=O) groups is 1. The molecular formula is C16H17F6N3O2. The van der Waals surface area contributed by atoms with Crippen LogP contribution in [0.25, 0.3) is 0 Å². The van der Waals surface area contributed by atoms with E-state index < -0.39 is 30.4 Å². The number of nitrogens with zero attached hydrogens (tertiary/aromatic N) is 2. The molecule has 1 N–H and O–H groups in total. The number of halogens is 6. The molecule has 0 atom stereocenters. The van der Waals surface area contributed by atoms with Crippen LogP contribution in [0.2, 0.25) is 0 Å². The van der Waals surface area contributed by atoms with Crippen LogP contribution in [0.3, 0.4) is 0 Å². The SMILES string of the molecule is C/C(=N\C(=O)NCCC1(C(F)(F)F)CC1)c1ccnc(OCC(F)(F)F)c1. The average Bonchev–Trinajstić information content (AvgIpc) is 3.33. The molecule has 1 aliphatic rings. The third-order valence-corrected chi connectivity index (χ3v) is 4.14. The Bertz CT molecular complexity index is 711. The Morgan fingerprint density at radius 1 is 1.30 bits per heavy atom. The maximum absolute atomic E-state index is 12.8. The predicted octanol–water partition coefficient (Wildman–Crippen LogP) is 4.27. The molecule has 0 unspecified atom stereocenters. The minimum atomic E-state index is -4.52. The second-order valence-electron chi connectivity index (χ2n) is 6.24. The summed E-state index contributed by atoms with van der Waals surface area (Å²) in [5, 5.41) is 2.29. The van der Waals surface area contributed by atoms with Crippen LogP contribution in [-0.4, -0.2) is 42.2 Å². The van der Waals surface area contributed by atoms with E-state index in [0.29, 0.717) is 5.56 Å². The number of rotatable bonds is 6. The highest BCUT2D eigenvalue weighted by Gasteiger charge is 2.62. The first-order valence-electron chi connectivity index (χ1n) is 7.98. The number of urea groups is 1. The van der Waals surface area contributed by atoms with E-state index in [9.17, 15) is 31.1 Å². The fourth-order valence-electron chi connectivity index (χ4n) is 2.36. The van der Waals surface area contributed by atoms with E-state index in [1.54, 1.807) is 0 Å². The molecule has 0 radical (unpaired) electrons. The van der Waals surface area contributed by atoms with Crippen molar-refractivity contribution in [2.75, 3.05) is 13.2 Å². The molecule has 1 heterocycles. The first kappa shape index (κ1) is 21.0. The highest BCUT2D eigenvalue weighted by molar-refractivity contribution is 6.04. The summed E-state index contributed by atoms with van der Waals surface area (Å²) in [6.45, 7) is -0.257. The van der Waals surface area contributed by atoms with Crippen LogP contribution in [0, 0.1) is 5.41 Å². The topological polar surface area (TPSA) is 63.6 Å². The van der Waals surface area contributed by atoms with Crippen molar-refractivity contribution in [3.63, 3.8) is 0 Å². The molecule has 0 bridgehead atoms. The third-order valence-electron chi connectivity index (χ3n) is 4.14. The molecule has 2 rings (SSSR count). The third kappa shape index (κ3) is 6.10. The summed E-state index contributed by atoms with van der Waals surface area (Å²) in [6.07, 6.45) is -7.74. The Morgan fingerprint density at radius 3 is 2.52 bits per heavy atom. The van der Waals surface area contributed by atoms with Crippen LogP contribution >= 0.6 is 0 Å². The minimum Gasteiger partial charge on any atom is -0.468 e. The van der Waals surface area contributed by atoms with Gasteiger partial charge in [0, 0.05) is 24.4 Å². The van der Waals surface area contributed by atoms with Crippen molar-refractivity contribution >= 4 is 11.7 Å². The summed E-state index contributed by atoms with van der Waals surface area (Å²) >= 11 is 0. The zero-order chi connectivity index (χ0) is 20.3. The number of aliphatic imine (C=N–C) groups is 1. The van der Waals surface area contributed by atoms with Gasteiger partial charge in [-0.2, -0.15) is 31.3 Å². The normalized spacial score (nSPS) is 16.8. The quantitative estimate of drug-likeness (QED) is 0.576. The van der Waals surface area contributed by atoms with Gasteiger partial charge in [0.1, 0.15) is 0 Å². The fraction of sp³-hybridized carbons (Fsp3) is 0.562. The lowest BCUT2D eigenvalue weighted by Gasteiger charge is -2.18. The molecule has 1 saturated carbocycles. The highest BCUT2D eigenvalue weighted by atomic mass is 19.4. The Labute approximate surface area is 150 Å². The predicted molar refractivity (Wildman–Crippen MR) is 83.7 cm³/mol. The molecule has 1 aliphatic carbocycles. The number of hydrogen-bond donors (Lipinski definition) is 1. The van der Waals surface area contributed by atoms with Gasteiger partial charge >= 0.3 is 18.4 Å². The number of pyridine rings is 1. The first-order valence-corrected chi connectivity index (χ1v) is 7.98. The van der Waals surface area contributed by atoms with Crippen LogP contribution in [0.1, 0.15) is 31.7 Å². The van der Waals surface area contributed by atoms with Gasteiger partial charge in [0.15, 0.2) is 6.61 Å². The fourth-order valence-corrected chi connectivity index (χ4v) is 2.36. The number of nitrogens with one attached hydrogen (secondary N) is 1. The molecule has 1 fully saturated rings. The highest BCUT2D eigenvalue weighted by Crippen LogP contribution is 2.59. The Morgan fingerprint density at radius 2 is 1.96 bits per heavy atom. The van der Waals surface area contributed by atoms with Gasteiger partial charge in [-0.25, -0.2) is 9.78 Å². The van der Waals surface area contributed by atoms with Crippen molar-refractivity contribution < 1.29 is 35.9 Å². The molecule has 1 aromatic heterocycles. The lowest BCUT2D eigenvalue weighted by atomic mass is 10.0. The lowest BCUT2D eigenvalue weighted by Crippen LogP contribution is -2.30. The number of alkyl halides is 6. The zero-order valence-electron chi connectivity index (χ0n) is 14.2. The molecule has 27 heavy (non-hydrogen) atoms. The van der Waals surface area contributed by atoms with Crippen molar-refractivity contribution in [3.05, 3.63) is 23.9 Å². The van der Waals surface area contributed by atoms with Crippen LogP contribution in [0.5, 0.6) is 5.88 Å². The van der Waals surface area contributed by atoms with Gasteiger partial charge in [0.25, 0.3) is 0 Å². The maximum Gasteiger partial charge on any atom is 0.422 e. The van der Waals surface area contributed by atoms with Crippen molar-refractivity contribution in [3.8, 4) is 5.88 Å². The van der Waals surface area contributed by atoms with Crippen molar-refractivity contribution in [2.45, 2.75) is 38.5 Å². The van der Waals surface area contributed by atoms with Gasteiger partial charge in [-0.05, 0) is 32.3 Å². The molecule has 11 heteroatoms. The van der Waals surface area contributed by atoms with Gasteiger partial charge in [-0.3, -0.25) is 0 Å². The van der Waals surface area contributed by atoms with Crippen LogP contribution < -0.4 is 10.1 Å². The van der Waals surface area contributed by atoms with E-state index in [2.05, 4.69) is 20.0 Å². The largest absolute Gasteiger partial charge is 0.468 e. The van der Waals surface area contributed by atoms with E-state index in [-0.39, 0.29) is 37.4 Å². The zero-order valence-corrected chi connectivity index (χ0v) is 14.2. The van der Waals surface area contributed by atoms with Gasteiger partial charge in [-0.15, -0.1) is 0 Å². The summed E-state index contributed by atoms with van der Waals surface area (Å²) in [4.78, 5) is 19.1. The summed E-state index contributed by atoms with van der Waals surface area (Å²) in [5.74, 6) is -0.291. The molecular weight excluding hydrogens is 380 g/mol. The molecule has 0 saturated heterocycles. The summed E-state index contributed by atoms with van der Waals surface area (Å²) < 4.78 is 79.4. The molecule has 150 valence electrons. The Hall–Kier alpha value is -2.33. The van der Waals surface area contributed by atoms with Crippen LogP contribution in [0.4, 0.5) is 31.1 Å². The standard InChI is InChI=1S/C16H17F6N3O2/c1-10(11-2-6-23-12(8-11)27-9-15(17,18)19)25-13(26)24-7-5-14(3-4-14)16(20,21)22/h2,6,8H,3-5,7,9H2,1H3,(H,24,26)/b25-10+. The van der Waals surface area contributed by atoms with Gasteiger partial charge in [0.2, 0.25) is 5.88 Å². The molecule has 0 aliphatic heterocycles. The number of aromatic nitrogens is 1. The van der Waals surface area contributed by atoms with E-state index in [4.69, 9.17) is 0 Å². The van der Waals surface area contributed by atoms with E-state index in [1.165, 1.54) is 25.3 Å². The number of carbonyl (C=O) groups excluding carboxylic acids is 1.